The van der Waals surface area contributed by atoms with Crippen molar-refractivity contribution in [2.24, 2.45) is 0 Å². The highest BCUT2D eigenvalue weighted by Gasteiger charge is 2.08. The molecule has 0 fully saturated rings. The van der Waals surface area contributed by atoms with Crippen molar-refractivity contribution in [3.8, 4) is 17.0 Å². The van der Waals surface area contributed by atoms with E-state index >= 15 is 0 Å². The zero-order valence-corrected chi connectivity index (χ0v) is 14.2. The molecule has 0 saturated heterocycles. The van der Waals surface area contributed by atoms with Gasteiger partial charge < -0.3 is 15.8 Å². The number of nitrogens with zero attached hydrogens (tertiary/aromatic N) is 2. The second-order valence-corrected chi connectivity index (χ2v) is 6.13. The van der Waals surface area contributed by atoms with Gasteiger partial charge >= 0.3 is 0 Å². The summed E-state index contributed by atoms with van der Waals surface area (Å²) < 4.78 is 5.50. The zero-order chi connectivity index (χ0) is 18.5. The van der Waals surface area contributed by atoms with Crippen molar-refractivity contribution in [1.82, 2.24) is 4.98 Å². The number of thiazole rings is 1. The number of nitrogens with one attached hydrogen (secondary N) is 1. The number of anilines is 2. The zero-order valence-electron chi connectivity index (χ0n) is 13.4. The standard InChI is InChI=1S/C17H14N4O4S/c18-17-20-15(10-26-17)11-2-1-3-14(8-11)25-9-16(22)19-12-4-6-13(7-5-12)21(23)24/h1-8,10H,9H2,(H2,18,20)(H,19,22). The molecule has 0 bridgehead atoms. The van der Waals surface area contributed by atoms with Crippen LogP contribution in [0.4, 0.5) is 16.5 Å². The second-order valence-electron chi connectivity index (χ2n) is 5.24. The molecular formula is C17H14N4O4S. The van der Waals surface area contributed by atoms with Crippen LogP contribution >= 0.6 is 11.3 Å². The van der Waals surface area contributed by atoms with Gasteiger partial charge in [0.1, 0.15) is 5.75 Å². The molecule has 0 aliphatic rings. The first-order chi connectivity index (χ1) is 12.5. The van der Waals surface area contributed by atoms with E-state index in [4.69, 9.17) is 10.5 Å². The summed E-state index contributed by atoms with van der Waals surface area (Å²) in [4.78, 5) is 26.3. The van der Waals surface area contributed by atoms with Gasteiger partial charge in [-0.15, -0.1) is 11.3 Å². The molecule has 2 aromatic carbocycles. The number of carbonyl (C=O) groups is 1. The number of nitro groups is 1. The number of ether oxygens (including phenoxy) is 1. The Bertz CT molecular complexity index is 940. The Morgan fingerprint density at radius 1 is 1.27 bits per heavy atom. The Balaban J connectivity index is 1.58. The summed E-state index contributed by atoms with van der Waals surface area (Å²) in [6, 6.07) is 12.7. The summed E-state index contributed by atoms with van der Waals surface area (Å²) in [6.07, 6.45) is 0. The maximum Gasteiger partial charge on any atom is 0.269 e. The molecule has 0 radical (unpaired) electrons. The average Bonchev–Trinajstić information content (AvgIpc) is 3.07. The number of amides is 1. The number of hydrogen-bond acceptors (Lipinski definition) is 7. The lowest BCUT2D eigenvalue weighted by Gasteiger charge is -2.08. The summed E-state index contributed by atoms with van der Waals surface area (Å²) in [6.45, 7) is -0.195. The fourth-order valence-electron chi connectivity index (χ4n) is 2.18. The summed E-state index contributed by atoms with van der Waals surface area (Å²) in [5.74, 6) is 0.148. The van der Waals surface area contributed by atoms with Crippen molar-refractivity contribution in [1.29, 1.82) is 0 Å². The van der Waals surface area contributed by atoms with Crippen molar-refractivity contribution < 1.29 is 14.5 Å². The summed E-state index contributed by atoms with van der Waals surface area (Å²) in [5.41, 5.74) is 7.63. The van der Waals surface area contributed by atoms with Gasteiger partial charge in [-0.1, -0.05) is 12.1 Å². The highest BCUT2D eigenvalue weighted by molar-refractivity contribution is 7.13. The van der Waals surface area contributed by atoms with Gasteiger partial charge in [-0.3, -0.25) is 14.9 Å². The lowest BCUT2D eigenvalue weighted by molar-refractivity contribution is -0.384. The highest BCUT2D eigenvalue weighted by atomic mass is 32.1. The third-order valence-corrected chi connectivity index (χ3v) is 4.06. The van der Waals surface area contributed by atoms with E-state index in [0.29, 0.717) is 16.6 Å². The quantitative estimate of drug-likeness (QED) is 0.507. The van der Waals surface area contributed by atoms with Crippen molar-refractivity contribution in [3.05, 3.63) is 64.0 Å². The average molecular weight is 370 g/mol. The number of hydrogen-bond donors (Lipinski definition) is 2. The van der Waals surface area contributed by atoms with E-state index in [0.717, 1.165) is 11.3 Å². The predicted molar refractivity (Wildman–Crippen MR) is 99.2 cm³/mol. The number of nitrogen functional groups attached to an aromatic ring is 1. The van der Waals surface area contributed by atoms with Crippen LogP contribution in [0.25, 0.3) is 11.3 Å². The third-order valence-electron chi connectivity index (χ3n) is 3.38. The summed E-state index contributed by atoms with van der Waals surface area (Å²) >= 11 is 1.35. The number of benzene rings is 2. The molecule has 0 aliphatic carbocycles. The fraction of sp³-hybridized carbons (Fsp3) is 0.0588. The minimum atomic E-state index is -0.502. The SMILES string of the molecule is Nc1nc(-c2cccc(OCC(=O)Nc3ccc([N+](=O)[O-])cc3)c2)cs1. The summed E-state index contributed by atoms with van der Waals surface area (Å²) in [5, 5.41) is 15.6. The van der Waals surface area contributed by atoms with Crippen LogP contribution in [0, 0.1) is 10.1 Å². The van der Waals surface area contributed by atoms with E-state index in [1.807, 2.05) is 11.4 Å². The molecule has 8 nitrogen and oxygen atoms in total. The lowest BCUT2D eigenvalue weighted by atomic mass is 10.2. The largest absolute Gasteiger partial charge is 0.484 e. The smallest absolute Gasteiger partial charge is 0.269 e. The second kappa shape index (κ2) is 7.62. The Morgan fingerprint density at radius 2 is 2.04 bits per heavy atom. The molecule has 26 heavy (non-hydrogen) atoms. The van der Waals surface area contributed by atoms with Crippen LogP contribution in [0.2, 0.25) is 0 Å². The molecule has 3 rings (SSSR count). The number of carbonyl (C=O) groups excluding carboxylic acids is 1. The van der Waals surface area contributed by atoms with E-state index in [2.05, 4.69) is 10.3 Å². The molecular weight excluding hydrogens is 356 g/mol. The first-order valence-corrected chi connectivity index (χ1v) is 8.38. The van der Waals surface area contributed by atoms with Crippen LogP contribution in [-0.4, -0.2) is 22.4 Å². The van der Waals surface area contributed by atoms with E-state index < -0.39 is 4.92 Å². The number of nitrogens with two attached hydrogens (primary N) is 1. The number of nitro benzene ring substituents is 1. The van der Waals surface area contributed by atoms with Crippen LogP contribution in [0.5, 0.6) is 5.75 Å². The number of rotatable bonds is 6. The fourth-order valence-corrected chi connectivity index (χ4v) is 2.75. The molecule has 0 aliphatic heterocycles. The maximum atomic E-state index is 12.0. The Kier molecular flexibility index (Phi) is 5.09. The molecule has 0 saturated carbocycles. The monoisotopic (exact) mass is 370 g/mol. The maximum absolute atomic E-state index is 12.0. The first-order valence-electron chi connectivity index (χ1n) is 7.50. The first kappa shape index (κ1) is 17.4. The van der Waals surface area contributed by atoms with Crippen LogP contribution in [0.1, 0.15) is 0 Å². The minimum Gasteiger partial charge on any atom is -0.484 e. The van der Waals surface area contributed by atoms with Gasteiger partial charge in [-0.25, -0.2) is 4.98 Å². The Hall–Kier alpha value is -3.46. The molecule has 1 amide bonds. The van der Waals surface area contributed by atoms with Crippen molar-refractivity contribution in [3.63, 3.8) is 0 Å². The Labute approximate surface area is 152 Å². The molecule has 3 N–H and O–H groups in total. The molecule has 3 aromatic rings. The van der Waals surface area contributed by atoms with Gasteiger partial charge in [-0.05, 0) is 24.3 Å². The van der Waals surface area contributed by atoms with Gasteiger partial charge in [0.25, 0.3) is 11.6 Å². The molecule has 1 aromatic heterocycles. The molecule has 1 heterocycles. The van der Waals surface area contributed by atoms with E-state index in [1.54, 1.807) is 18.2 Å². The molecule has 9 heteroatoms. The van der Waals surface area contributed by atoms with Gasteiger partial charge in [0.2, 0.25) is 0 Å². The van der Waals surface area contributed by atoms with Crippen molar-refractivity contribution in [2.75, 3.05) is 17.7 Å². The van der Waals surface area contributed by atoms with Crippen LogP contribution in [0.3, 0.4) is 0 Å². The highest BCUT2D eigenvalue weighted by Crippen LogP contribution is 2.26. The third kappa shape index (κ3) is 4.33. The van der Waals surface area contributed by atoms with Crippen LogP contribution in [-0.2, 0) is 4.79 Å². The minimum absolute atomic E-state index is 0.0428. The normalized spacial score (nSPS) is 10.3. The predicted octanol–water partition coefficient (Wildman–Crippen LogP) is 3.32. The number of non-ortho nitro benzene ring substituents is 1. The van der Waals surface area contributed by atoms with E-state index in [9.17, 15) is 14.9 Å². The lowest BCUT2D eigenvalue weighted by Crippen LogP contribution is -2.20. The van der Waals surface area contributed by atoms with E-state index in [1.165, 1.54) is 35.6 Å². The van der Waals surface area contributed by atoms with Gasteiger partial charge in [0.05, 0.1) is 10.6 Å². The van der Waals surface area contributed by atoms with Crippen LogP contribution < -0.4 is 15.8 Å². The molecule has 0 spiro atoms. The number of aromatic nitrogens is 1. The van der Waals surface area contributed by atoms with Gasteiger partial charge in [0.15, 0.2) is 11.7 Å². The van der Waals surface area contributed by atoms with Gasteiger partial charge in [0, 0.05) is 28.8 Å². The van der Waals surface area contributed by atoms with E-state index in [-0.39, 0.29) is 18.2 Å². The molecule has 0 unspecified atom stereocenters. The Morgan fingerprint density at radius 3 is 2.69 bits per heavy atom. The summed E-state index contributed by atoms with van der Waals surface area (Å²) in [7, 11) is 0. The molecule has 0 atom stereocenters. The van der Waals surface area contributed by atoms with Crippen molar-refractivity contribution >= 4 is 33.8 Å². The molecule has 132 valence electrons. The van der Waals surface area contributed by atoms with Crippen LogP contribution in [0.15, 0.2) is 53.9 Å². The van der Waals surface area contributed by atoms with Crippen molar-refractivity contribution in [2.45, 2.75) is 0 Å². The topological polar surface area (TPSA) is 120 Å². The van der Waals surface area contributed by atoms with Gasteiger partial charge in [-0.2, -0.15) is 0 Å².